The van der Waals surface area contributed by atoms with E-state index in [9.17, 15) is 4.79 Å². The van der Waals surface area contributed by atoms with Gasteiger partial charge in [-0.1, -0.05) is 29.4 Å². The number of nitrogens with one attached hydrogen (secondary N) is 1. The van der Waals surface area contributed by atoms with Gasteiger partial charge in [-0.3, -0.25) is 0 Å². The van der Waals surface area contributed by atoms with E-state index in [1.165, 1.54) is 37.7 Å². The molecular formula is C11H15ClN2O2S2. The lowest BCUT2D eigenvalue weighted by Crippen LogP contribution is -2.40. The predicted molar refractivity (Wildman–Crippen MR) is 77.1 cm³/mol. The highest BCUT2D eigenvalue weighted by Gasteiger charge is 2.36. The smallest absolute Gasteiger partial charge is 0.351 e. The Morgan fingerprint density at radius 3 is 2.89 bits per heavy atom. The molecule has 1 saturated carbocycles. The Bertz CT molecular complexity index is 441. The van der Waals surface area contributed by atoms with Crippen LogP contribution in [0, 0.1) is 0 Å². The van der Waals surface area contributed by atoms with E-state index in [0.717, 1.165) is 6.54 Å². The van der Waals surface area contributed by atoms with Crippen LogP contribution >= 0.6 is 34.7 Å². The van der Waals surface area contributed by atoms with E-state index in [0.29, 0.717) is 14.8 Å². The molecule has 1 aliphatic carbocycles. The highest BCUT2D eigenvalue weighted by molar-refractivity contribution is 8.00. The Labute approximate surface area is 119 Å². The van der Waals surface area contributed by atoms with Gasteiger partial charge in [0.2, 0.25) is 0 Å². The minimum absolute atomic E-state index is 0.209. The van der Waals surface area contributed by atoms with Crippen LogP contribution in [0.3, 0.4) is 0 Å². The SMILES string of the molecule is COC(=O)c1sc(NCC2(SC)CCC2)nc1Cl. The Balaban J connectivity index is 2.00. The molecule has 4 nitrogen and oxygen atoms in total. The van der Waals surface area contributed by atoms with Crippen molar-refractivity contribution in [3.8, 4) is 0 Å². The van der Waals surface area contributed by atoms with Crippen molar-refractivity contribution < 1.29 is 9.53 Å². The van der Waals surface area contributed by atoms with Crippen molar-refractivity contribution in [1.29, 1.82) is 0 Å². The van der Waals surface area contributed by atoms with Gasteiger partial charge in [-0.05, 0) is 19.1 Å². The van der Waals surface area contributed by atoms with Crippen LogP contribution in [0.1, 0.15) is 28.9 Å². The quantitative estimate of drug-likeness (QED) is 0.846. The molecule has 0 aliphatic heterocycles. The summed E-state index contributed by atoms with van der Waals surface area (Å²) in [5, 5.41) is 4.16. The summed E-state index contributed by atoms with van der Waals surface area (Å²) in [5.74, 6) is -0.436. The molecule has 0 saturated heterocycles. The van der Waals surface area contributed by atoms with Crippen molar-refractivity contribution in [2.45, 2.75) is 24.0 Å². The number of thioether (sulfide) groups is 1. The average Bonchev–Trinajstić information content (AvgIpc) is 2.69. The molecule has 1 aromatic rings. The molecule has 0 atom stereocenters. The molecule has 1 aliphatic rings. The third-order valence-corrected chi connectivity index (χ3v) is 6.01. The van der Waals surface area contributed by atoms with Gasteiger partial charge in [0, 0.05) is 11.3 Å². The summed E-state index contributed by atoms with van der Waals surface area (Å²) in [6.45, 7) is 0.860. The highest BCUT2D eigenvalue weighted by atomic mass is 35.5. The van der Waals surface area contributed by atoms with E-state index in [1.807, 2.05) is 11.8 Å². The third-order valence-electron chi connectivity index (χ3n) is 3.22. The van der Waals surface area contributed by atoms with Gasteiger partial charge in [0.05, 0.1) is 7.11 Å². The summed E-state index contributed by atoms with van der Waals surface area (Å²) in [6.07, 6.45) is 5.87. The van der Waals surface area contributed by atoms with E-state index in [2.05, 4.69) is 21.3 Å². The minimum atomic E-state index is -0.436. The van der Waals surface area contributed by atoms with Crippen molar-refractivity contribution in [2.24, 2.45) is 0 Å². The fourth-order valence-electron chi connectivity index (χ4n) is 1.86. The first-order chi connectivity index (χ1) is 8.60. The molecule has 100 valence electrons. The minimum Gasteiger partial charge on any atom is -0.465 e. The summed E-state index contributed by atoms with van der Waals surface area (Å²) in [5.41, 5.74) is 0. The van der Waals surface area contributed by atoms with Crippen LogP contribution in [0.25, 0.3) is 0 Å². The molecule has 1 heterocycles. The summed E-state index contributed by atoms with van der Waals surface area (Å²) in [4.78, 5) is 15.9. The predicted octanol–water partition coefficient (Wildman–Crippen LogP) is 3.28. The Morgan fingerprint density at radius 1 is 1.67 bits per heavy atom. The van der Waals surface area contributed by atoms with Crippen LogP contribution in [0.15, 0.2) is 0 Å². The van der Waals surface area contributed by atoms with Crippen molar-refractivity contribution in [2.75, 3.05) is 25.2 Å². The molecular weight excluding hydrogens is 292 g/mol. The molecule has 0 bridgehead atoms. The number of nitrogens with zero attached hydrogens (tertiary/aromatic N) is 1. The Morgan fingerprint density at radius 2 is 2.39 bits per heavy atom. The summed E-state index contributed by atoms with van der Waals surface area (Å²) in [7, 11) is 1.34. The largest absolute Gasteiger partial charge is 0.465 e. The first-order valence-electron chi connectivity index (χ1n) is 5.64. The number of ether oxygens (including phenoxy) is 1. The zero-order valence-electron chi connectivity index (χ0n) is 10.3. The first-order valence-corrected chi connectivity index (χ1v) is 8.06. The van der Waals surface area contributed by atoms with E-state index in [4.69, 9.17) is 11.6 Å². The fourth-order valence-corrected chi connectivity index (χ4v) is 3.87. The van der Waals surface area contributed by atoms with Crippen LogP contribution in [0.2, 0.25) is 5.15 Å². The second-order valence-electron chi connectivity index (χ2n) is 4.22. The zero-order valence-corrected chi connectivity index (χ0v) is 12.7. The fraction of sp³-hybridized carbons (Fsp3) is 0.636. The number of rotatable bonds is 5. The Hall–Kier alpha value is -0.460. The number of carbonyl (C=O) groups is 1. The molecule has 18 heavy (non-hydrogen) atoms. The zero-order chi connectivity index (χ0) is 13.2. The lowest BCUT2D eigenvalue weighted by Gasteiger charge is -2.40. The molecule has 0 aromatic carbocycles. The van der Waals surface area contributed by atoms with Crippen LogP contribution in [0.5, 0.6) is 0 Å². The van der Waals surface area contributed by atoms with Gasteiger partial charge in [-0.25, -0.2) is 9.78 Å². The van der Waals surface area contributed by atoms with Gasteiger partial charge in [-0.2, -0.15) is 11.8 Å². The van der Waals surface area contributed by atoms with E-state index >= 15 is 0 Å². The number of hydrogen-bond acceptors (Lipinski definition) is 6. The first kappa shape index (κ1) is 14.0. The van der Waals surface area contributed by atoms with Crippen LogP contribution in [-0.4, -0.2) is 35.6 Å². The number of thiazole rings is 1. The maximum Gasteiger partial charge on any atom is 0.351 e. The third kappa shape index (κ3) is 2.75. The molecule has 0 amide bonds. The van der Waals surface area contributed by atoms with Crippen molar-refractivity contribution in [3.63, 3.8) is 0 Å². The molecule has 1 fully saturated rings. The molecule has 0 unspecified atom stereocenters. The summed E-state index contributed by atoms with van der Waals surface area (Å²) in [6, 6.07) is 0. The van der Waals surface area contributed by atoms with Crippen molar-refractivity contribution in [1.82, 2.24) is 4.98 Å². The second kappa shape index (κ2) is 5.67. The molecule has 0 spiro atoms. The number of esters is 1. The number of methoxy groups -OCH3 is 1. The average molecular weight is 307 g/mol. The van der Waals surface area contributed by atoms with Gasteiger partial charge in [0.25, 0.3) is 0 Å². The lowest BCUT2D eigenvalue weighted by molar-refractivity contribution is 0.0606. The Kier molecular flexibility index (Phi) is 4.40. The van der Waals surface area contributed by atoms with Crippen LogP contribution in [0.4, 0.5) is 5.13 Å². The normalized spacial score (nSPS) is 17.1. The molecule has 1 aromatic heterocycles. The maximum absolute atomic E-state index is 11.4. The van der Waals surface area contributed by atoms with E-state index in [-0.39, 0.29) is 5.15 Å². The van der Waals surface area contributed by atoms with Gasteiger partial charge < -0.3 is 10.1 Å². The summed E-state index contributed by atoms with van der Waals surface area (Å²) >= 11 is 9.03. The van der Waals surface area contributed by atoms with E-state index in [1.54, 1.807) is 0 Å². The topological polar surface area (TPSA) is 51.2 Å². The summed E-state index contributed by atoms with van der Waals surface area (Å²) < 4.78 is 4.97. The molecule has 7 heteroatoms. The molecule has 1 N–H and O–H groups in total. The number of aromatic nitrogens is 1. The van der Waals surface area contributed by atoms with Gasteiger partial charge in [0.15, 0.2) is 15.2 Å². The number of carbonyl (C=O) groups excluding carboxylic acids is 1. The second-order valence-corrected chi connectivity index (χ2v) is 6.86. The number of anilines is 1. The van der Waals surface area contributed by atoms with Crippen molar-refractivity contribution >= 4 is 45.8 Å². The lowest BCUT2D eigenvalue weighted by atomic mass is 9.84. The highest BCUT2D eigenvalue weighted by Crippen LogP contribution is 2.43. The van der Waals surface area contributed by atoms with Gasteiger partial charge >= 0.3 is 5.97 Å². The van der Waals surface area contributed by atoms with Gasteiger partial charge in [0.1, 0.15) is 0 Å². The maximum atomic E-state index is 11.4. The van der Waals surface area contributed by atoms with Gasteiger partial charge in [-0.15, -0.1) is 0 Å². The standard InChI is InChI=1S/C11H15ClN2O2S2/c1-16-9(15)7-8(12)14-10(18-7)13-6-11(17-2)4-3-5-11/h3-6H2,1-2H3,(H,13,14). The monoisotopic (exact) mass is 306 g/mol. The number of halogens is 1. The molecule has 0 radical (unpaired) electrons. The van der Waals surface area contributed by atoms with Crippen LogP contribution < -0.4 is 5.32 Å². The van der Waals surface area contributed by atoms with E-state index < -0.39 is 5.97 Å². The number of hydrogen-bond donors (Lipinski definition) is 1. The van der Waals surface area contributed by atoms with Crippen molar-refractivity contribution in [3.05, 3.63) is 10.0 Å². The van der Waals surface area contributed by atoms with Crippen LogP contribution in [-0.2, 0) is 4.74 Å². The molecule has 2 rings (SSSR count).